The third-order valence-corrected chi connectivity index (χ3v) is 4.56. The molecule has 0 unspecified atom stereocenters. The van der Waals surface area contributed by atoms with Crippen molar-refractivity contribution in [3.63, 3.8) is 0 Å². The minimum atomic E-state index is -0.260. The maximum Gasteiger partial charge on any atom is 0.261 e. The molecule has 7 nitrogen and oxygen atoms in total. The average Bonchev–Trinajstić information content (AvgIpc) is 3.29. The Kier molecular flexibility index (Phi) is 4.80. The van der Waals surface area contributed by atoms with Crippen molar-refractivity contribution < 1.29 is 13.9 Å². The molecule has 1 aromatic carbocycles. The lowest BCUT2D eigenvalue weighted by molar-refractivity contribution is 0.102. The predicted molar refractivity (Wildman–Crippen MR) is 106 cm³/mol. The number of carbonyl (C=O) groups excluding carboxylic acids is 1. The lowest BCUT2D eigenvalue weighted by atomic mass is 10.1. The van der Waals surface area contributed by atoms with Crippen LogP contribution in [0.25, 0.3) is 11.0 Å². The Morgan fingerprint density at radius 1 is 1.21 bits per heavy atom. The number of nitrogens with zero attached hydrogens (tertiary/aromatic N) is 3. The molecule has 0 saturated carbocycles. The van der Waals surface area contributed by atoms with Crippen LogP contribution in [0.4, 0.5) is 5.82 Å². The first kappa shape index (κ1) is 17.8. The monoisotopic (exact) mass is 376 g/mol. The Morgan fingerprint density at radius 3 is 2.82 bits per heavy atom. The van der Waals surface area contributed by atoms with Crippen molar-refractivity contribution in [3.05, 3.63) is 71.9 Å². The number of hydrogen-bond donors (Lipinski definition) is 1. The molecule has 0 spiro atoms. The second-order valence-electron chi connectivity index (χ2n) is 6.42. The van der Waals surface area contributed by atoms with Crippen LogP contribution >= 0.6 is 0 Å². The summed E-state index contributed by atoms with van der Waals surface area (Å²) in [7, 11) is 1.59. The van der Waals surface area contributed by atoms with Gasteiger partial charge in [-0.25, -0.2) is 0 Å². The van der Waals surface area contributed by atoms with Crippen LogP contribution in [0, 0.1) is 6.92 Å². The van der Waals surface area contributed by atoms with Crippen molar-refractivity contribution in [2.45, 2.75) is 19.9 Å². The van der Waals surface area contributed by atoms with E-state index >= 15 is 0 Å². The number of aryl methyl sites for hydroxylation is 3. The molecule has 0 fully saturated rings. The first-order valence-electron chi connectivity index (χ1n) is 8.95. The van der Waals surface area contributed by atoms with Gasteiger partial charge in [-0.15, -0.1) is 0 Å². The fraction of sp³-hybridized carbons (Fsp3) is 0.190. The number of benzene rings is 1. The van der Waals surface area contributed by atoms with Crippen LogP contribution in [0.15, 0.2) is 59.4 Å². The minimum absolute atomic E-state index is 0.260. The summed E-state index contributed by atoms with van der Waals surface area (Å²) in [6.07, 6.45) is 6.23. The van der Waals surface area contributed by atoms with E-state index in [2.05, 4.69) is 15.4 Å². The normalized spacial score (nSPS) is 10.9. The third kappa shape index (κ3) is 3.59. The summed E-state index contributed by atoms with van der Waals surface area (Å²) in [6, 6.07) is 11.1. The van der Waals surface area contributed by atoms with Crippen molar-refractivity contribution >= 4 is 22.7 Å². The third-order valence-electron chi connectivity index (χ3n) is 4.56. The van der Waals surface area contributed by atoms with E-state index in [1.165, 1.54) is 5.56 Å². The molecule has 3 aromatic heterocycles. The van der Waals surface area contributed by atoms with Gasteiger partial charge in [-0.2, -0.15) is 5.10 Å². The Hall–Kier alpha value is -3.61. The molecule has 28 heavy (non-hydrogen) atoms. The highest BCUT2D eigenvalue weighted by atomic mass is 16.5. The van der Waals surface area contributed by atoms with E-state index in [-0.39, 0.29) is 5.91 Å². The number of nitrogens with one attached hydrogen (secondary N) is 1. The van der Waals surface area contributed by atoms with Gasteiger partial charge in [0.25, 0.3) is 5.91 Å². The molecule has 0 atom stereocenters. The molecular formula is C21H20N4O3. The Morgan fingerprint density at radius 2 is 2.04 bits per heavy atom. The molecule has 0 radical (unpaired) electrons. The van der Waals surface area contributed by atoms with Crippen LogP contribution in [-0.4, -0.2) is 27.8 Å². The summed E-state index contributed by atoms with van der Waals surface area (Å²) in [4.78, 5) is 16.8. The van der Waals surface area contributed by atoms with Gasteiger partial charge in [-0.3, -0.25) is 14.5 Å². The van der Waals surface area contributed by atoms with Crippen molar-refractivity contribution in [1.82, 2.24) is 14.8 Å². The van der Waals surface area contributed by atoms with Crippen LogP contribution in [0.3, 0.4) is 0 Å². The van der Waals surface area contributed by atoms with Gasteiger partial charge in [-0.1, -0.05) is 0 Å². The summed E-state index contributed by atoms with van der Waals surface area (Å²) in [5.74, 6) is 1.46. The van der Waals surface area contributed by atoms with E-state index in [1.54, 1.807) is 55.4 Å². The molecule has 7 heteroatoms. The molecule has 0 aliphatic carbocycles. The molecule has 0 saturated heterocycles. The van der Waals surface area contributed by atoms with Gasteiger partial charge in [0, 0.05) is 36.6 Å². The Bertz CT molecular complexity index is 1120. The van der Waals surface area contributed by atoms with Crippen molar-refractivity contribution in [2.24, 2.45) is 0 Å². The summed E-state index contributed by atoms with van der Waals surface area (Å²) in [5.41, 5.74) is 2.32. The van der Waals surface area contributed by atoms with Crippen molar-refractivity contribution in [3.8, 4) is 5.75 Å². The molecule has 1 amide bonds. The number of amides is 1. The standard InChI is InChI=1S/C21H20N4O3/c1-14-20(17-13-16(27-2)3-4-18(17)28-14)21(26)23-19-8-12-25(24-19)11-7-15-5-9-22-10-6-15/h3-6,8-10,12-13H,7,11H2,1-2H3,(H,23,24,26). The van der Waals surface area contributed by atoms with Crippen molar-refractivity contribution in [1.29, 1.82) is 0 Å². The van der Waals surface area contributed by atoms with Gasteiger partial charge in [-0.05, 0) is 49.2 Å². The number of aromatic nitrogens is 3. The minimum Gasteiger partial charge on any atom is -0.497 e. The molecule has 142 valence electrons. The smallest absolute Gasteiger partial charge is 0.261 e. The van der Waals surface area contributed by atoms with E-state index in [9.17, 15) is 4.79 Å². The number of fused-ring (bicyclic) bond motifs is 1. The van der Waals surface area contributed by atoms with E-state index in [1.807, 2.05) is 18.3 Å². The highest BCUT2D eigenvalue weighted by Crippen LogP contribution is 2.29. The van der Waals surface area contributed by atoms with Gasteiger partial charge >= 0.3 is 0 Å². The number of ether oxygens (including phenoxy) is 1. The fourth-order valence-electron chi connectivity index (χ4n) is 3.13. The topological polar surface area (TPSA) is 82.2 Å². The Labute approximate surface area is 161 Å². The van der Waals surface area contributed by atoms with E-state index in [0.717, 1.165) is 6.42 Å². The van der Waals surface area contributed by atoms with E-state index in [4.69, 9.17) is 9.15 Å². The second-order valence-corrected chi connectivity index (χ2v) is 6.42. The van der Waals surface area contributed by atoms with Gasteiger partial charge < -0.3 is 14.5 Å². The highest BCUT2D eigenvalue weighted by molar-refractivity contribution is 6.13. The molecule has 0 aliphatic rings. The van der Waals surface area contributed by atoms with Crippen LogP contribution in [-0.2, 0) is 13.0 Å². The molecule has 4 aromatic rings. The van der Waals surface area contributed by atoms with Gasteiger partial charge in [0.2, 0.25) is 0 Å². The Balaban J connectivity index is 1.49. The van der Waals surface area contributed by atoms with Crippen LogP contribution in [0.5, 0.6) is 5.75 Å². The number of pyridine rings is 1. The van der Waals surface area contributed by atoms with Gasteiger partial charge in [0.1, 0.15) is 17.1 Å². The molecule has 4 rings (SSSR count). The molecular weight excluding hydrogens is 356 g/mol. The van der Waals surface area contributed by atoms with Crippen LogP contribution < -0.4 is 10.1 Å². The van der Waals surface area contributed by atoms with E-state index in [0.29, 0.717) is 40.4 Å². The number of furan rings is 1. The SMILES string of the molecule is COc1ccc2oc(C)c(C(=O)Nc3ccn(CCc4ccncc4)n3)c2c1. The van der Waals surface area contributed by atoms with Gasteiger partial charge in [0.15, 0.2) is 5.82 Å². The number of rotatable bonds is 6. The quantitative estimate of drug-likeness (QED) is 0.553. The fourth-order valence-corrected chi connectivity index (χ4v) is 3.13. The second kappa shape index (κ2) is 7.56. The van der Waals surface area contributed by atoms with Gasteiger partial charge in [0.05, 0.1) is 12.7 Å². The molecule has 0 aliphatic heterocycles. The maximum atomic E-state index is 12.8. The zero-order valence-corrected chi connectivity index (χ0v) is 15.7. The average molecular weight is 376 g/mol. The van der Waals surface area contributed by atoms with E-state index < -0.39 is 0 Å². The zero-order valence-electron chi connectivity index (χ0n) is 15.7. The number of methoxy groups -OCH3 is 1. The number of hydrogen-bond acceptors (Lipinski definition) is 5. The first-order valence-corrected chi connectivity index (χ1v) is 8.95. The lowest BCUT2D eigenvalue weighted by Crippen LogP contribution is -2.13. The lowest BCUT2D eigenvalue weighted by Gasteiger charge is -2.04. The van der Waals surface area contributed by atoms with Crippen molar-refractivity contribution in [2.75, 3.05) is 12.4 Å². The number of anilines is 1. The summed E-state index contributed by atoms with van der Waals surface area (Å²) >= 11 is 0. The number of carbonyl (C=O) groups is 1. The maximum absolute atomic E-state index is 12.8. The molecule has 3 heterocycles. The largest absolute Gasteiger partial charge is 0.497 e. The highest BCUT2D eigenvalue weighted by Gasteiger charge is 2.19. The van der Waals surface area contributed by atoms with Crippen LogP contribution in [0.2, 0.25) is 0 Å². The summed E-state index contributed by atoms with van der Waals surface area (Å²) in [5, 5.41) is 8.00. The predicted octanol–water partition coefficient (Wildman–Crippen LogP) is 3.84. The molecule has 1 N–H and O–H groups in total. The first-order chi connectivity index (χ1) is 13.6. The molecule has 0 bridgehead atoms. The summed E-state index contributed by atoms with van der Waals surface area (Å²) in [6.45, 7) is 2.49. The zero-order chi connectivity index (χ0) is 19.5. The van der Waals surface area contributed by atoms with Crippen LogP contribution in [0.1, 0.15) is 21.7 Å². The summed E-state index contributed by atoms with van der Waals surface area (Å²) < 4.78 is 12.8.